The Balaban J connectivity index is 1.52. The maximum atomic E-state index is 14.1. The average Bonchev–Trinajstić information content (AvgIpc) is 2.81. The van der Waals surface area contributed by atoms with E-state index in [1.165, 1.54) is 15.9 Å². The minimum atomic E-state index is -0.643. The van der Waals surface area contributed by atoms with E-state index in [4.69, 9.17) is 5.73 Å². The number of hydrogen-bond donors (Lipinski definition) is 1. The molecule has 0 spiro atoms. The van der Waals surface area contributed by atoms with Crippen molar-refractivity contribution >= 4 is 34.6 Å². The Morgan fingerprint density at radius 3 is 2.00 bits per heavy atom. The van der Waals surface area contributed by atoms with Crippen LogP contribution in [0.3, 0.4) is 0 Å². The van der Waals surface area contributed by atoms with Crippen LogP contribution in [0.15, 0.2) is 78.9 Å². The Morgan fingerprint density at radius 2 is 1.35 bits per heavy atom. The quantitative estimate of drug-likeness (QED) is 0.523. The first-order chi connectivity index (χ1) is 15.0. The van der Waals surface area contributed by atoms with Crippen molar-refractivity contribution in [2.24, 2.45) is 0 Å². The molecule has 0 bridgehead atoms. The normalized spacial score (nSPS) is 13.7. The Hall–Kier alpha value is -3.87. The molecule has 1 aliphatic rings. The van der Waals surface area contributed by atoms with Gasteiger partial charge >= 0.3 is 11.8 Å². The van der Waals surface area contributed by atoms with Crippen molar-refractivity contribution in [3.8, 4) is 0 Å². The second-order valence-electron chi connectivity index (χ2n) is 7.30. The minimum absolute atomic E-state index is 0.294. The number of anilines is 4. The number of hydrogen-bond acceptors (Lipinski definition) is 4. The molecular formula is C24H23FN4O2. The summed E-state index contributed by atoms with van der Waals surface area (Å²) in [6.07, 6.45) is 0. The highest BCUT2D eigenvalue weighted by Gasteiger charge is 2.31. The number of carbonyl (C=O) groups excluding carboxylic acids is 2. The molecule has 3 aromatic carbocycles. The fraction of sp³-hybridized carbons (Fsp3) is 0.167. The monoisotopic (exact) mass is 418 g/mol. The molecule has 7 heteroatoms. The Labute approximate surface area is 180 Å². The van der Waals surface area contributed by atoms with E-state index < -0.39 is 11.8 Å². The Morgan fingerprint density at radius 1 is 0.774 bits per heavy atom. The summed E-state index contributed by atoms with van der Waals surface area (Å²) in [7, 11) is 0. The summed E-state index contributed by atoms with van der Waals surface area (Å²) < 4.78 is 14.1. The zero-order chi connectivity index (χ0) is 21.8. The van der Waals surface area contributed by atoms with Crippen LogP contribution in [0.4, 0.5) is 27.1 Å². The number of carbonyl (C=O) groups is 2. The van der Waals surface area contributed by atoms with Crippen LogP contribution >= 0.6 is 0 Å². The second-order valence-corrected chi connectivity index (χ2v) is 7.30. The molecule has 0 aromatic heterocycles. The molecule has 3 aromatic rings. The van der Waals surface area contributed by atoms with Crippen LogP contribution in [0, 0.1) is 5.82 Å². The maximum absolute atomic E-state index is 14.1. The predicted molar refractivity (Wildman–Crippen MR) is 120 cm³/mol. The summed E-state index contributed by atoms with van der Waals surface area (Å²) in [4.78, 5) is 31.1. The zero-order valence-electron chi connectivity index (χ0n) is 16.9. The van der Waals surface area contributed by atoms with Gasteiger partial charge in [0.05, 0.1) is 5.69 Å². The molecule has 0 atom stereocenters. The fourth-order valence-corrected chi connectivity index (χ4v) is 3.67. The van der Waals surface area contributed by atoms with Crippen LogP contribution in [0.25, 0.3) is 0 Å². The van der Waals surface area contributed by atoms with Crippen LogP contribution in [-0.2, 0) is 9.59 Å². The van der Waals surface area contributed by atoms with Crippen molar-refractivity contribution in [2.45, 2.75) is 0 Å². The van der Waals surface area contributed by atoms with E-state index in [-0.39, 0.29) is 5.82 Å². The van der Waals surface area contributed by atoms with Crippen molar-refractivity contribution in [1.29, 1.82) is 0 Å². The van der Waals surface area contributed by atoms with Gasteiger partial charge in [-0.3, -0.25) is 14.5 Å². The molecule has 6 nitrogen and oxygen atoms in total. The Bertz CT molecular complexity index is 1060. The average molecular weight is 418 g/mol. The third kappa shape index (κ3) is 4.35. The van der Waals surface area contributed by atoms with Crippen molar-refractivity contribution in [1.82, 2.24) is 4.90 Å². The van der Waals surface area contributed by atoms with Crippen molar-refractivity contribution in [3.63, 3.8) is 0 Å². The highest BCUT2D eigenvalue weighted by Crippen LogP contribution is 2.27. The molecule has 1 saturated heterocycles. The standard InChI is InChI=1S/C24H23FN4O2/c25-21-8-4-5-9-22(21)27-14-16-28(17-15-27)23(30)24(31)29(19-6-2-1-3-7-19)20-12-10-18(26)11-13-20/h1-13H,14-17,26H2. The van der Waals surface area contributed by atoms with Crippen molar-refractivity contribution < 1.29 is 14.0 Å². The molecule has 0 saturated carbocycles. The lowest BCUT2D eigenvalue weighted by atomic mass is 10.2. The molecule has 4 rings (SSSR count). The molecular weight excluding hydrogens is 395 g/mol. The van der Waals surface area contributed by atoms with Crippen LogP contribution < -0.4 is 15.5 Å². The van der Waals surface area contributed by atoms with E-state index in [9.17, 15) is 14.0 Å². The van der Waals surface area contributed by atoms with E-state index in [1.54, 1.807) is 54.6 Å². The molecule has 1 heterocycles. The van der Waals surface area contributed by atoms with Gasteiger partial charge in [-0.05, 0) is 48.5 Å². The van der Waals surface area contributed by atoms with Gasteiger partial charge in [0.2, 0.25) is 0 Å². The number of piperazine rings is 1. The van der Waals surface area contributed by atoms with E-state index in [0.29, 0.717) is 48.9 Å². The fourth-order valence-electron chi connectivity index (χ4n) is 3.67. The lowest BCUT2D eigenvalue weighted by Crippen LogP contribution is -2.53. The summed E-state index contributed by atoms with van der Waals surface area (Å²) in [6, 6.07) is 22.4. The first-order valence-electron chi connectivity index (χ1n) is 10.1. The number of nitrogens with zero attached hydrogens (tertiary/aromatic N) is 3. The number of halogens is 1. The highest BCUT2D eigenvalue weighted by atomic mass is 19.1. The topological polar surface area (TPSA) is 69.9 Å². The molecule has 31 heavy (non-hydrogen) atoms. The van der Waals surface area contributed by atoms with Gasteiger partial charge in [-0.2, -0.15) is 0 Å². The maximum Gasteiger partial charge on any atom is 0.321 e. The molecule has 1 aliphatic heterocycles. The van der Waals surface area contributed by atoms with Gasteiger partial charge in [-0.1, -0.05) is 30.3 Å². The molecule has 0 unspecified atom stereocenters. The van der Waals surface area contributed by atoms with Gasteiger partial charge in [0.1, 0.15) is 5.82 Å². The summed E-state index contributed by atoms with van der Waals surface area (Å²) in [6.45, 7) is 1.58. The smallest absolute Gasteiger partial charge is 0.321 e. The number of benzene rings is 3. The van der Waals surface area contributed by atoms with Crippen molar-refractivity contribution in [2.75, 3.05) is 41.7 Å². The van der Waals surface area contributed by atoms with E-state index >= 15 is 0 Å². The number of nitrogen functional groups attached to an aromatic ring is 1. The zero-order valence-corrected chi connectivity index (χ0v) is 16.9. The van der Waals surface area contributed by atoms with Crippen LogP contribution in [0.1, 0.15) is 0 Å². The van der Waals surface area contributed by atoms with E-state index in [1.807, 2.05) is 23.1 Å². The summed E-state index contributed by atoms with van der Waals surface area (Å²) in [5.74, 6) is -1.53. The number of para-hydroxylation sites is 2. The molecule has 2 amide bonds. The molecule has 158 valence electrons. The summed E-state index contributed by atoms with van der Waals surface area (Å²) in [5.41, 5.74) is 8.01. The lowest BCUT2D eigenvalue weighted by molar-refractivity contribution is -0.144. The largest absolute Gasteiger partial charge is 0.399 e. The third-order valence-corrected chi connectivity index (χ3v) is 5.31. The van der Waals surface area contributed by atoms with E-state index in [0.717, 1.165) is 0 Å². The highest BCUT2D eigenvalue weighted by molar-refractivity contribution is 6.42. The van der Waals surface area contributed by atoms with Gasteiger partial charge in [0.15, 0.2) is 0 Å². The van der Waals surface area contributed by atoms with Gasteiger partial charge in [0.25, 0.3) is 0 Å². The molecule has 2 N–H and O–H groups in total. The van der Waals surface area contributed by atoms with E-state index in [2.05, 4.69) is 0 Å². The SMILES string of the molecule is Nc1ccc(N(C(=O)C(=O)N2CCN(c3ccccc3F)CC2)c2ccccc2)cc1. The van der Waals surface area contributed by atoms with Crippen LogP contribution in [0.2, 0.25) is 0 Å². The first-order valence-corrected chi connectivity index (χ1v) is 10.1. The predicted octanol–water partition coefficient (Wildman–Crippen LogP) is 3.42. The number of nitrogens with two attached hydrogens (primary N) is 1. The van der Waals surface area contributed by atoms with Crippen LogP contribution in [-0.4, -0.2) is 42.9 Å². The van der Waals surface area contributed by atoms with Crippen molar-refractivity contribution in [3.05, 3.63) is 84.7 Å². The third-order valence-electron chi connectivity index (χ3n) is 5.31. The lowest BCUT2D eigenvalue weighted by Gasteiger charge is -2.36. The molecule has 0 radical (unpaired) electrons. The Kier molecular flexibility index (Phi) is 5.84. The molecule has 1 fully saturated rings. The van der Waals surface area contributed by atoms with Gasteiger partial charge in [0, 0.05) is 43.2 Å². The first kappa shape index (κ1) is 20.4. The van der Waals surface area contributed by atoms with Gasteiger partial charge < -0.3 is 15.5 Å². The number of rotatable bonds is 3. The number of amides is 2. The second kappa shape index (κ2) is 8.87. The summed E-state index contributed by atoms with van der Waals surface area (Å²) >= 11 is 0. The minimum Gasteiger partial charge on any atom is -0.399 e. The van der Waals surface area contributed by atoms with Gasteiger partial charge in [-0.15, -0.1) is 0 Å². The molecule has 0 aliphatic carbocycles. The van der Waals surface area contributed by atoms with Gasteiger partial charge in [-0.25, -0.2) is 4.39 Å². The van der Waals surface area contributed by atoms with Crippen LogP contribution in [0.5, 0.6) is 0 Å². The summed E-state index contributed by atoms with van der Waals surface area (Å²) in [5, 5.41) is 0.